The highest BCUT2D eigenvalue weighted by Gasteiger charge is 2.45. The summed E-state index contributed by atoms with van der Waals surface area (Å²) in [6, 6.07) is 0. The second kappa shape index (κ2) is 8.16. The minimum absolute atomic E-state index is 0.0224. The van der Waals surface area contributed by atoms with Crippen molar-refractivity contribution in [3.63, 3.8) is 0 Å². The minimum Gasteiger partial charge on any atom is -0.501 e. The van der Waals surface area contributed by atoms with Gasteiger partial charge >= 0.3 is 17.9 Å². The summed E-state index contributed by atoms with van der Waals surface area (Å²) < 4.78 is 25.8. The molecule has 1 aliphatic heterocycles. The summed E-state index contributed by atoms with van der Waals surface area (Å²) >= 11 is 0. The van der Waals surface area contributed by atoms with Gasteiger partial charge in [-0.2, -0.15) is 0 Å². The maximum Gasteiger partial charge on any atom is 0.305 e. The fourth-order valence-corrected chi connectivity index (χ4v) is 2.58. The van der Waals surface area contributed by atoms with Crippen LogP contribution in [0.5, 0.6) is 11.5 Å². The Kier molecular flexibility index (Phi) is 6.16. The van der Waals surface area contributed by atoms with E-state index in [0.29, 0.717) is 0 Å². The second-order valence-corrected chi connectivity index (χ2v) is 5.84. The number of hydrogen-bond acceptors (Lipinski definition) is 11. The number of ether oxygens (including phenoxy) is 5. The van der Waals surface area contributed by atoms with Crippen LogP contribution >= 0.6 is 0 Å². The highest BCUT2D eigenvalue weighted by molar-refractivity contribution is 5.68. The van der Waals surface area contributed by atoms with E-state index in [-0.39, 0.29) is 13.0 Å². The molecule has 0 bridgehead atoms. The summed E-state index contributed by atoms with van der Waals surface area (Å²) in [6.45, 7) is 3.06. The molecule has 1 heterocycles. The van der Waals surface area contributed by atoms with Crippen molar-refractivity contribution in [3.8, 4) is 11.5 Å². The Balaban J connectivity index is 2.15. The van der Waals surface area contributed by atoms with Gasteiger partial charge in [-0.25, -0.2) is 0 Å². The molecule has 148 valence electrons. The first-order chi connectivity index (χ1) is 12.6. The van der Waals surface area contributed by atoms with Crippen molar-refractivity contribution in [2.75, 3.05) is 6.61 Å². The van der Waals surface area contributed by atoms with Gasteiger partial charge in [0, 0.05) is 27.2 Å². The van der Waals surface area contributed by atoms with Crippen molar-refractivity contribution in [2.24, 2.45) is 0 Å². The van der Waals surface area contributed by atoms with Gasteiger partial charge in [0.25, 0.3) is 10.9 Å². The summed E-state index contributed by atoms with van der Waals surface area (Å²) in [5, 5.41) is 9.31. The van der Waals surface area contributed by atoms with Crippen LogP contribution in [-0.4, -0.2) is 54.2 Å². The molecular weight excluding hydrogens is 368 g/mol. The minimum atomic E-state index is -1.39. The molecule has 1 aromatic carbocycles. The molecule has 27 heavy (non-hydrogen) atoms. The monoisotopic (exact) mass is 386 g/mol. The Morgan fingerprint density at radius 2 is 1.59 bits per heavy atom. The average Bonchev–Trinajstić information content (AvgIpc) is 2.56. The Morgan fingerprint density at radius 1 is 1.00 bits per heavy atom. The van der Waals surface area contributed by atoms with E-state index in [2.05, 4.69) is 0 Å². The summed E-state index contributed by atoms with van der Waals surface area (Å²) in [5.41, 5.74) is -2.03. The maximum atomic E-state index is 11.4. The smallest absolute Gasteiger partial charge is 0.305 e. The van der Waals surface area contributed by atoms with Crippen molar-refractivity contribution < 1.29 is 43.2 Å². The summed E-state index contributed by atoms with van der Waals surface area (Å²) in [4.78, 5) is 56.3. The van der Waals surface area contributed by atoms with Crippen LogP contribution in [0.25, 0.3) is 0 Å². The van der Waals surface area contributed by atoms with Gasteiger partial charge in [-0.15, -0.1) is 0 Å². The Hall–Kier alpha value is -2.95. The van der Waals surface area contributed by atoms with E-state index >= 15 is 0 Å². The summed E-state index contributed by atoms with van der Waals surface area (Å²) in [7, 11) is 0. The topological polar surface area (TPSA) is 152 Å². The predicted molar refractivity (Wildman–Crippen MR) is 84.7 cm³/mol. The number of carbonyl (C=O) groups excluding carboxylic acids is 3. The van der Waals surface area contributed by atoms with Gasteiger partial charge in [0.2, 0.25) is 23.9 Å². The first kappa shape index (κ1) is 20.4. The molecule has 0 spiro atoms. The van der Waals surface area contributed by atoms with Crippen molar-refractivity contribution in [1.82, 2.24) is 0 Å². The highest BCUT2D eigenvalue weighted by Crippen LogP contribution is 2.28. The molecule has 11 nitrogen and oxygen atoms in total. The third-order valence-corrected chi connectivity index (χ3v) is 3.61. The molecule has 1 aromatic rings. The summed E-state index contributed by atoms with van der Waals surface area (Å²) in [6.07, 6.45) is -4.50. The van der Waals surface area contributed by atoms with E-state index in [1.807, 2.05) is 0 Å². The molecule has 1 aliphatic rings. The molecule has 0 amide bonds. The van der Waals surface area contributed by atoms with E-state index < -0.39 is 64.9 Å². The molecule has 2 rings (SSSR count). The molecule has 1 fully saturated rings. The lowest BCUT2D eigenvalue weighted by atomic mass is 10.0. The molecule has 1 N–H and O–H groups in total. The third-order valence-electron chi connectivity index (χ3n) is 3.61. The first-order valence-corrected chi connectivity index (χ1v) is 7.92. The van der Waals surface area contributed by atoms with Gasteiger partial charge in [-0.05, 0) is 0 Å². The van der Waals surface area contributed by atoms with Crippen LogP contribution < -0.4 is 15.6 Å². The lowest BCUT2D eigenvalue weighted by Crippen LogP contribution is -2.54. The quantitative estimate of drug-likeness (QED) is 0.360. The van der Waals surface area contributed by atoms with Crippen molar-refractivity contribution in [1.29, 1.82) is 0 Å². The molecule has 0 saturated carbocycles. The zero-order valence-corrected chi connectivity index (χ0v) is 14.8. The van der Waals surface area contributed by atoms with Gasteiger partial charge in [0.05, 0.1) is 6.10 Å². The average molecular weight is 386 g/mol. The zero-order valence-electron chi connectivity index (χ0n) is 14.8. The van der Waals surface area contributed by atoms with Crippen LogP contribution in [0.1, 0.15) is 27.2 Å². The van der Waals surface area contributed by atoms with Crippen molar-refractivity contribution in [2.45, 2.75) is 51.8 Å². The van der Waals surface area contributed by atoms with Gasteiger partial charge < -0.3 is 28.8 Å². The second-order valence-electron chi connectivity index (χ2n) is 5.84. The SMILES string of the molecule is CC(=O)OC1CC(COc2c(O)c(=O)c2=O)OC(OC(C)=O)C1OC(C)=O. The van der Waals surface area contributed by atoms with E-state index in [1.165, 1.54) is 0 Å². The van der Waals surface area contributed by atoms with Crippen LogP contribution in [0, 0.1) is 0 Å². The van der Waals surface area contributed by atoms with E-state index in [1.54, 1.807) is 0 Å². The molecule has 0 aromatic heterocycles. The van der Waals surface area contributed by atoms with Crippen LogP contribution in [0.4, 0.5) is 0 Å². The number of hydrogen-bond donors (Lipinski definition) is 1. The fraction of sp³-hybridized carbons (Fsp3) is 0.562. The lowest BCUT2D eigenvalue weighted by molar-refractivity contribution is -0.269. The fourth-order valence-electron chi connectivity index (χ4n) is 2.58. The number of esters is 3. The Morgan fingerprint density at radius 3 is 2.11 bits per heavy atom. The van der Waals surface area contributed by atoms with Crippen LogP contribution in [0.2, 0.25) is 0 Å². The molecular formula is C16H18O11. The van der Waals surface area contributed by atoms with Crippen LogP contribution in [0.15, 0.2) is 9.59 Å². The van der Waals surface area contributed by atoms with Gasteiger partial charge in [0.1, 0.15) is 12.7 Å². The molecule has 1 saturated heterocycles. The van der Waals surface area contributed by atoms with Crippen LogP contribution in [0.3, 0.4) is 0 Å². The van der Waals surface area contributed by atoms with Gasteiger partial charge in [-0.3, -0.25) is 24.0 Å². The Bertz CT molecular complexity index is 778. The normalized spacial score (nSPS) is 24.9. The van der Waals surface area contributed by atoms with E-state index in [0.717, 1.165) is 20.8 Å². The van der Waals surface area contributed by atoms with Gasteiger partial charge in [-0.1, -0.05) is 0 Å². The Labute approximate surface area is 152 Å². The molecule has 11 heteroatoms. The maximum absolute atomic E-state index is 11.4. The first-order valence-electron chi connectivity index (χ1n) is 7.92. The number of rotatable bonds is 6. The third kappa shape index (κ3) is 4.82. The standard InChI is InChI=1S/C16H18O11/c1-6(17)24-10-4-9(5-23-15-12(21)11(20)13(15)22)27-16(26-8(3)19)14(10)25-7(2)18/h9-10,14,16,21H,4-5H2,1-3H3. The van der Waals surface area contributed by atoms with Crippen LogP contribution in [-0.2, 0) is 33.3 Å². The van der Waals surface area contributed by atoms with E-state index in [9.17, 15) is 29.1 Å². The molecule has 0 aliphatic carbocycles. The van der Waals surface area contributed by atoms with Crippen molar-refractivity contribution >= 4 is 17.9 Å². The molecule has 0 radical (unpaired) electrons. The van der Waals surface area contributed by atoms with Crippen molar-refractivity contribution in [3.05, 3.63) is 20.4 Å². The van der Waals surface area contributed by atoms with Gasteiger partial charge in [0.15, 0.2) is 0 Å². The number of aromatic hydroxyl groups is 1. The highest BCUT2D eigenvalue weighted by atomic mass is 16.7. The predicted octanol–water partition coefficient (Wildman–Crippen LogP) is -1.09. The number of carbonyl (C=O) groups is 3. The lowest BCUT2D eigenvalue weighted by Gasteiger charge is -2.39. The van der Waals surface area contributed by atoms with E-state index in [4.69, 9.17) is 23.7 Å². The molecule has 4 unspecified atom stereocenters. The summed E-state index contributed by atoms with van der Waals surface area (Å²) in [5.74, 6) is -3.40. The zero-order chi connectivity index (χ0) is 20.3. The molecule has 4 atom stereocenters. The largest absolute Gasteiger partial charge is 0.501 e.